The largest absolute Gasteiger partial charge is 0.550 e. The fourth-order valence-electron chi connectivity index (χ4n) is 3.63. The fraction of sp³-hybridized carbons (Fsp3) is 0.389. The number of anilines is 1. The van der Waals surface area contributed by atoms with Crippen LogP contribution in [0.1, 0.15) is 23.7 Å². The van der Waals surface area contributed by atoms with Crippen LogP contribution in [-0.2, 0) is 14.3 Å². The Morgan fingerprint density at radius 1 is 1.12 bits per heavy atom. The molecule has 0 spiro atoms. The number of rotatable bonds is 5. The van der Waals surface area contributed by atoms with Crippen molar-refractivity contribution >= 4 is 23.5 Å². The van der Waals surface area contributed by atoms with Crippen LogP contribution in [0.4, 0.5) is 5.69 Å². The summed E-state index contributed by atoms with van der Waals surface area (Å²) in [4.78, 5) is 35.5. The van der Waals surface area contributed by atoms with Crippen molar-refractivity contribution in [1.82, 2.24) is 0 Å². The highest BCUT2D eigenvalue weighted by Gasteiger charge is 2.48. The van der Waals surface area contributed by atoms with Gasteiger partial charge in [-0.1, -0.05) is 12.2 Å². The van der Waals surface area contributed by atoms with E-state index < -0.39 is 23.8 Å². The molecule has 0 radical (unpaired) electrons. The van der Waals surface area contributed by atoms with Gasteiger partial charge in [0.25, 0.3) is 0 Å². The Morgan fingerprint density at radius 2 is 1.75 bits per heavy atom. The average Bonchev–Trinajstić information content (AvgIpc) is 3.16. The van der Waals surface area contributed by atoms with Gasteiger partial charge in [0.15, 0.2) is 0 Å². The van der Waals surface area contributed by atoms with E-state index in [0.29, 0.717) is 24.3 Å². The van der Waals surface area contributed by atoms with E-state index in [0.717, 1.165) is 0 Å². The lowest BCUT2D eigenvalue weighted by Gasteiger charge is -2.27. The van der Waals surface area contributed by atoms with Gasteiger partial charge in [-0.25, -0.2) is 4.79 Å². The summed E-state index contributed by atoms with van der Waals surface area (Å²) < 4.78 is 4.90. The van der Waals surface area contributed by atoms with Gasteiger partial charge in [-0.15, -0.1) is 0 Å². The first-order valence-corrected chi connectivity index (χ1v) is 7.98. The number of esters is 1. The second-order valence-corrected chi connectivity index (χ2v) is 6.11. The van der Waals surface area contributed by atoms with Crippen LogP contribution in [0.25, 0.3) is 0 Å². The molecule has 0 aromatic heterocycles. The predicted molar refractivity (Wildman–Crippen MR) is 83.8 cm³/mol. The van der Waals surface area contributed by atoms with Gasteiger partial charge in [-0.05, 0) is 49.4 Å². The monoisotopic (exact) mass is 328 g/mol. The highest BCUT2D eigenvalue weighted by molar-refractivity contribution is 5.97. The zero-order chi connectivity index (χ0) is 17.3. The number of benzene rings is 1. The molecule has 2 bridgehead atoms. The number of hydrogen-bond donors (Lipinski definition) is 1. The van der Waals surface area contributed by atoms with E-state index in [1.54, 1.807) is 31.2 Å². The van der Waals surface area contributed by atoms with Gasteiger partial charge in [0.1, 0.15) is 0 Å². The third kappa shape index (κ3) is 2.91. The predicted octanol–water partition coefficient (Wildman–Crippen LogP) is 0.990. The fourth-order valence-corrected chi connectivity index (χ4v) is 3.63. The number of allylic oxidation sites excluding steroid dienone is 2. The summed E-state index contributed by atoms with van der Waals surface area (Å²) >= 11 is 0. The summed E-state index contributed by atoms with van der Waals surface area (Å²) in [6, 6.07) is 6.32. The molecule has 2 aliphatic carbocycles. The van der Waals surface area contributed by atoms with Crippen molar-refractivity contribution in [2.45, 2.75) is 13.3 Å². The van der Waals surface area contributed by atoms with Crippen LogP contribution in [0.3, 0.4) is 0 Å². The van der Waals surface area contributed by atoms with Gasteiger partial charge < -0.3 is 20.0 Å². The molecule has 3 rings (SSSR count). The van der Waals surface area contributed by atoms with Crippen molar-refractivity contribution in [3.8, 4) is 0 Å². The lowest BCUT2D eigenvalue weighted by Crippen LogP contribution is -2.42. The molecule has 126 valence electrons. The normalized spacial score (nSPS) is 27.0. The Morgan fingerprint density at radius 3 is 2.33 bits per heavy atom. The van der Waals surface area contributed by atoms with Gasteiger partial charge in [0.05, 0.1) is 18.1 Å². The average molecular weight is 328 g/mol. The van der Waals surface area contributed by atoms with E-state index in [9.17, 15) is 19.5 Å². The summed E-state index contributed by atoms with van der Waals surface area (Å²) in [5, 5.41) is 14.1. The van der Waals surface area contributed by atoms with Crippen molar-refractivity contribution < 1.29 is 24.2 Å². The molecule has 1 fully saturated rings. The zero-order valence-corrected chi connectivity index (χ0v) is 13.2. The molecule has 2 aliphatic rings. The molecule has 1 saturated carbocycles. The number of carbonyl (C=O) groups is 3. The van der Waals surface area contributed by atoms with Gasteiger partial charge in [-0.2, -0.15) is 0 Å². The van der Waals surface area contributed by atoms with Crippen LogP contribution < -0.4 is 10.4 Å². The number of carboxylic acid groups (broad SMARTS) is 1. The van der Waals surface area contributed by atoms with E-state index in [1.807, 2.05) is 12.2 Å². The summed E-state index contributed by atoms with van der Waals surface area (Å²) in [6.07, 6.45) is 4.46. The van der Waals surface area contributed by atoms with E-state index in [1.165, 1.54) is 0 Å². The van der Waals surface area contributed by atoms with Gasteiger partial charge in [-0.3, -0.25) is 4.79 Å². The van der Waals surface area contributed by atoms with Crippen LogP contribution in [0.5, 0.6) is 0 Å². The minimum atomic E-state index is -1.18. The highest BCUT2D eigenvalue weighted by atomic mass is 16.5. The number of carbonyl (C=O) groups excluding carboxylic acids is 3. The Hall–Kier alpha value is -2.63. The van der Waals surface area contributed by atoms with E-state index >= 15 is 0 Å². The van der Waals surface area contributed by atoms with Crippen molar-refractivity contribution in [1.29, 1.82) is 0 Å². The van der Waals surface area contributed by atoms with Crippen LogP contribution in [0.2, 0.25) is 0 Å². The van der Waals surface area contributed by atoms with Crippen LogP contribution in [0.15, 0.2) is 36.4 Å². The molecule has 0 unspecified atom stereocenters. The number of ether oxygens (including phenoxy) is 1. The second-order valence-electron chi connectivity index (χ2n) is 6.11. The first kappa shape index (κ1) is 16.2. The number of amides is 1. The summed E-state index contributed by atoms with van der Waals surface area (Å²) in [7, 11) is 0. The molecule has 1 N–H and O–H groups in total. The summed E-state index contributed by atoms with van der Waals surface area (Å²) in [5.41, 5.74) is 0.905. The Bertz CT molecular complexity index is 694. The quantitative estimate of drug-likeness (QED) is 0.642. The van der Waals surface area contributed by atoms with E-state index in [2.05, 4.69) is 5.32 Å². The maximum Gasteiger partial charge on any atom is 0.338 e. The molecule has 1 aromatic carbocycles. The molecule has 6 nitrogen and oxygen atoms in total. The Balaban J connectivity index is 1.70. The second kappa shape index (κ2) is 6.47. The van der Waals surface area contributed by atoms with Gasteiger partial charge in [0.2, 0.25) is 5.91 Å². The molecular weight excluding hydrogens is 310 g/mol. The third-order valence-corrected chi connectivity index (χ3v) is 4.70. The van der Waals surface area contributed by atoms with Crippen LogP contribution >= 0.6 is 0 Å². The van der Waals surface area contributed by atoms with E-state index in [4.69, 9.17) is 4.74 Å². The minimum absolute atomic E-state index is 0.0586. The summed E-state index contributed by atoms with van der Waals surface area (Å²) in [6.45, 7) is 2.02. The van der Waals surface area contributed by atoms with Crippen molar-refractivity contribution in [2.75, 3.05) is 11.9 Å². The molecule has 0 saturated heterocycles. The number of fused-ring (bicyclic) bond motifs is 2. The molecular formula is C18H18NO5-. The molecule has 0 aliphatic heterocycles. The molecule has 24 heavy (non-hydrogen) atoms. The number of carboxylic acids is 1. The molecule has 0 heterocycles. The van der Waals surface area contributed by atoms with Crippen molar-refractivity contribution in [3.63, 3.8) is 0 Å². The van der Waals surface area contributed by atoms with Gasteiger partial charge >= 0.3 is 5.97 Å². The van der Waals surface area contributed by atoms with Crippen LogP contribution in [0, 0.1) is 23.7 Å². The maximum atomic E-state index is 12.5. The minimum Gasteiger partial charge on any atom is -0.550 e. The number of aliphatic carboxylic acids is 1. The molecule has 4 atom stereocenters. The van der Waals surface area contributed by atoms with E-state index in [-0.39, 0.29) is 17.7 Å². The first-order valence-electron chi connectivity index (χ1n) is 7.98. The molecule has 1 amide bonds. The van der Waals surface area contributed by atoms with Crippen molar-refractivity contribution in [2.24, 2.45) is 23.7 Å². The topological polar surface area (TPSA) is 95.5 Å². The maximum absolute atomic E-state index is 12.5. The Kier molecular flexibility index (Phi) is 4.38. The third-order valence-electron chi connectivity index (χ3n) is 4.70. The smallest absolute Gasteiger partial charge is 0.338 e. The SMILES string of the molecule is CCOC(=O)c1ccc(NC(=O)[C@H]2[C@@H](C(=O)[O-])[C@H]3C=C[C@@H]2C3)cc1. The highest BCUT2D eigenvalue weighted by Crippen LogP contribution is 2.48. The standard InChI is InChI=1S/C18H19NO5/c1-2-24-18(23)10-5-7-13(8-6-10)19-16(20)14-11-3-4-12(9-11)15(14)17(21)22/h3-8,11-12,14-15H,2,9H2,1H3,(H,19,20)(H,21,22)/p-1/t11-,12+,14-,15+/m1/s1. The molecule has 1 aromatic rings. The first-order chi connectivity index (χ1) is 11.5. The van der Waals surface area contributed by atoms with Crippen molar-refractivity contribution in [3.05, 3.63) is 42.0 Å². The number of hydrogen-bond acceptors (Lipinski definition) is 5. The zero-order valence-electron chi connectivity index (χ0n) is 13.2. The van der Waals surface area contributed by atoms with Crippen LogP contribution in [-0.4, -0.2) is 24.5 Å². The number of nitrogens with one attached hydrogen (secondary N) is 1. The summed E-state index contributed by atoms with van der Waals surface area (Å²) in [5.74, 6) is -3.51. The Labute approximate surface area is 139 Å². The lowest BCUT2D eigenvalue weighted by molar-refractivity contribution is -0.313. The van der Waals surface area contributed by atoms with Gasteiger partial charge in [0, 0.05) is 17.6 Å². The molecule has 6 heteroatoms. The lowest BCUT2D eigenvalue weighted by atomic mass is 9.82.